The second-order valence-corrected chi connectivity index (χ2v) is 9.17. The summed E-state index contributed by atoms with van der Waals surface area (Å²) in [6, 6.07) is 28.2. The second-order valence-electron chi connectivity index (χ2n) is 8.32. The number of fused-ring (bicyclic) bond motifs is 1. The van der Waals surface area contributed by atoms with E-state index < -0.39 is 5.91 Å². The number of hydrogen-bond acceptors (Lipinski definition) is 4. The summed E-state index contributed by atoms with van der Waals surface area (Å²) in [5.74, 6) is -0.545. The molecule has 1 amide bonds. The summed E-state index contributed by atoms with van der Waals surface area (Å²) in [6.45, 7) is -0.0491. The van der Waals surface area contributed by atoms with Crippen molar-refractivity contribution < 1.29 is 13.9 Å². The minimum absolute atomic E-state index is 0.0491. The summed E-state index contributed by atoms with van der Waals surface area (Å²) in [5, 5.41) is 5.41. The van der Waals surface area contributed by atoms with Crippen molar-refractivity contribution in [3.8, 4) is 17.0 Å². The zero-order valence-corrected chi connectivity index (χ0v) is 21.4. The van der Waals surface area contributed by atoms with E-state index >= 15 is 0 Å². The van der Waals surface area contributed by atoms with Crippen LogP contribution in [0.2, 0.25) is 10.0 Å². The Balaban J connectivity index is 1.41. The van der Waals surface area contributed by atoms with E-state index in [1.54, 1.807) is 30.3 Å². The molecular formula is C30H20Cl2FN3O2. The van der Waals surface area contributed by atoms with Gasteiger partial charge in [-0.1, -0.05) is 89.9 Å². The largest absolute Gasteiger partial charge is 0.487 e. The van der Waals surface area contributed by atoms with Gasteiger partial charge in [0.05, 0.1) is 28.0 Å². The van der Waals surface area contributed by atoms with Crippen LogP contribution in [0.4, 0.5) is 4.39 Å². The number of aromatic nitrogens is 1. The number of carbonyl (C=O) groups is 1. The maximum absolute atomic E-state index is 14.0. The monoisotopic (exact) mass is 543 g/mol. The van der Waals surface area contributed by atoms with Gasteiger partial charge in [-0.25, -0.2) is 14.8 Å². The van der Waals surface area contributed by atoms with E-state index in [-0.39, 0.29) is 23.2 Å². The zero-order chi connectivity index (χ0) is 26.5. The fourth-order valence-electron chi connectivity index (χ4n) is 3.93. The van der Waals surface area contributed by atoms with E-state index in [1.807, 2.05) is 54.6 Å². The van der Waals surface area contributed by atoms with Crippen molar-refractivity contribution in [2.24, 2.45) is 5.10 Å². The lowest BCUT2D eigenvalue weighted by molar-refractivity contribution is 0.0956. The molecule has 0 radical (unpaired) electrons. The van der Waals surface area contributed by atoms with Crippen LogP contribution in [0.5, 0.6) is 5.75 Å². The van der Waals surface area contributed by atoms with E-state index in [4.69, 9.17) is 32.9 Å². The number of pyridine rings is 1. The third-order valence-corrected chi connectivity index (χ3v) is 6.27. The summed E-state index contributed by atoms with van der Waals surface area (Å²) in [7, 11) is 0. The third kappa shape index (κ3) is 5.67. The first kappa shape index (κ1) is 25.4. The molecular weight excluding hydrogens is 524 g/mol. The molecule has 0 saturated heterocycles. The van der Waals surface area contributed by atoms with Crippen molar-refractivity contribution in [1.82, 2.24) is 10.4 Å². The van der Waals surface area contributed by atoms with E-state index in [1.165, 1.54) is 18.3 Å². The van der Waals surface area contributed by atoms with Crippen LogP contribution in [0.3, 0.4) is 0 Å². The number of amides is 1. The van der Waals surface area contributed by atoms with Gasteiger partial charge in [0.15, 0.2) is 0 Å². The molecule has 38 heavy (non-hydrogen) atoms. The lowest BCUT2D eigenvalue weighted by atomic mass is 10.0. The molecule has 5 nitrogen and oxygen atoms in total. The van der Waals surface area contributed by atoms with Gasteiger partial charge in [-0.3, -0.25) is 4.79 Å². The molecule has 0 saturated carbocycles. The maximum atomic E-state index is 14.0. The first-order valence-electron chi connectivity index (χ1n) is 11.6. The highest BCUT2D eigenvalue weighted by Crippen LogP contribution is 2.32. The molecule has 0 fully saturated rings. The van der Waals surface area contributed by atoms with Crippen LogP contribution in [0.25, 0.3) is 22.2 Å². The van der Waals surface area contributed by atoms with Gasteiger partial charge in [-0.15, -0.1) is 0 Å². The molecule has 0 spiro atoms. The van der Waals surface area contributed by atoms with Crippen molar-refractivity contribution in [1.29, 1.82) is 0 Å². The molecule has 5 aromatic rings. The third-order valence-electron chi connectivity index (χ3n) is 5.77. The molecule has 8 heteroatoms. The van der Waals surface area contributed by atoms with E-state index in [0.29, 0.717) is 38.3 Å². The lowest BCUT2D eigenvalue weighted by Gasteiger charge is -2.12. The molecule has 0 aliphatic heterocycles. The SMILES string of the molecule is O=C(N/N=C\c1cc(Cl)cc(Cl)c1OCc1ccccc1F)c1cc(-c2ccccc2)nc2ccccc12. The second kappa shape index (κ2) is 11.4. The molecule has 4 aromatic carbocycles. The Morgan fingerprint density at radius 3 is 2.50 bits per heavy atom. The molecule has 0 bridgehead atoms. The molecule has 5 rings (SSSR count). The van der Waals surface area contributed by atoms with Crippen molar-refractivity contribution in [2.75, 3.05) is 0 Å². The lowest BCUT2D eigenvalue weighted by Crippen LogP contribution is -2.18. The van der Waals surface area contributed by atoms with Crippen molar-refractivity contribution >= 4 is 46.2 Å². The molecule has 0 aliphatic rings. The summed E-state index contributed by atoms with van der Waals surface area (Å²) >= 11 is 12.5. The van der Waals surface area contributed by atoms with Crippen LogP contribution in [0.15, 0.2) is 102 Å². The standard InChI is InChI=1S/C30H20Cl2FN3O2/c31-22-14-21(29(25(32)15-22)38-18-20-10-4-6-12-26(20)33)17-34-36-30(37)24-16-28(19-8-2-1-3-9-19)35-27-13-7-5-11-23(24)27/h1-17H,18H2,(H,36,37)/b34-17-. The molecule has 1 heterocycles. The molecule has 188 valence electrons. The Morgan fingerprint density at radius 1 is 0.947 bits per heavy atom. The number of para-hydroxylation sites is 1. The average molecular weight is 544 g/mol. The van der Waals surface area contributed by atoms with Gasteiger partial charge in [-0.05, 0) is 30.3 Å². The number of hydrazone groups is 1. The number of hydrogen-bond donors (Lipinski definition) is 1. The van der Waals surface area contributed by atoms with Gasteiger partial charge in [-0.2, -0.15) is 5.10 Å². The van der Waals surface area contributed by atoms with Crippen molar-refractivity contribution in [2.45, 2.75) is 6.61 Å². The molecule has 0 aliphatic carbocycles. The first-order chi connectivity index (χ1) is 18.5. The quantitative estimate of drug-likeness (QED) is 0.169. The topological polar surface area (TPSA) is 63.6 Å². The van der Waals surface area contributed by atoms with Gasteiger partial charge in [0, 0.05) is 27.1 Å². The Hall–Kier alpha value is -4.26. The number of ether oxygens (including phenoxy) is 1. The summed E-state index contributed by atoms with van der Waals surface area (Å²) in [4.78, 5) is 17.9. The van der Waals surface area contributed by atoms with Crippen LogP contribution >= 0.6 is 23.2 Å². The van der Waals surface area contributed by atoms with Gasteiger partial charge >= 0.3 is 0 Å². The van der Waals surface area contributed by atoms with Crippen LogP contribution in [-0.2, 0) is 6.61 Å². The number of halogens is 3. The van der Waals surface area contributed by atoms with Gasteiger partial charge in [0.25, 0.3) is 5.91 Å². The first-order valence-corrected chi connectivity index (χ1v) is 12.4. The summed E-state index contributed by atoms with van der Waals surface area (Å²) in [6.07, 6.45) is 1.38. The molecule has 0 unspecified atom stereocenters. The number of rotatable bonds is 7. The fourth-order valence-corrected chi connectivity index (χ4v) is 4.50. The van der Waals surface area contributed by atoms with Gasteiger partial charge < -0.3 is 4.74 Å². The Labute approximate surface area is 228 Å². The highest BCUT2D eigenvalue weighted by atomic mass is 35.5. The van der Waals surface area contributed by atoms with Crippen LogP contribution < -0.4 is 10.2 Å². The molecule has 0 atom stereocenters. The van der Waals surface area contributed by atoms with Crippen LogP contribution in [-0.4, -0.2) is 17.1 Å². The number of nitrogens with one attached hydrogen (secondary N) is 1. The van der Waals surface area contributed by atoms with Crippen LogP contribution in [0, 0.1) is 5.82 Å². The Morgan fingerprint density at radius 2 is 1.68 bits per heavy atom. The normalized spacial score (nSPS) is 11.1. The van der Waals surface area contributed by atoms with Crippen molar-refractivity contribution in [3.63, 3.8) is 0 Å². The highest BCUT2D eigenvalue weighted by molar-refractivity contribution is 6.36. The minimum Gasteiger partial charge on any atom is -0.487 e. The maximum Gasteiger partial charge on any atom is 0.272 e. The summed E-state index contributed by atoms with van der Waals surface area (Å²) < 4.78 is 19.9. The van der Waals surface area contributed by atoms with Gasteiger partial charge in [0.2, 0.25) is 0 Å². The zero-order valence-electron chi connectivity index (χ0n) is 19.9. The number of benzene rings is 4. The number of carbonyl (C=O) groups excluding carboxylic acids is 1. The van der Waals surface area contributed by atoms with E-state index in [9.17, 15) is 9.18 Å². The predicted octanol–water partition coefficient (Wildman–Crippen LogP) is 7.69. The molecule has 1 aromatic heterocycles. The van der Waals surface area contributed by atoms with E-state index in [2.05, 4.69) is 10.5 Å². The minimum atomic E-state index is -0.418. The van der Waals surface area contributed by atoms with Crippen molar-refractivity contribution in [3.05, 3.63) is 130 Å². The molecule has 1 N–H and O–H groups in total. The average Bonchev–Trinajstić information content (AvgIpc) is 2.93. The Bertz CT molecular complexity index is 1660. The fraction of sp³-hybridized carbons (Fsp3) is 0.0333. The predicted molar refractivity (Wildman–Crippen MR) is 149 cm³/mol. The van der Waals surface area contributed by atoms with E-state index in [0.717, 1.165) is 5.56 Å². The smallest absolute Gasteiger partial charge is 0.272 e. The van der Waals surface area contributed by atoms with Gasteiger partial charge in [0.1, 0.15) is 18.2 Å². The highest BCUT2D eigenvalue weighted by Gasteiger charge is 2.15. The van der Waals surface area contributed by atoms with Crippen LogP contribution in [0.1, 0.15) is 21.5 Å². The summed E-state index contributed by atoms with van der Waals surface area (Å²) in [5.41, 5.74) is 6.03. The number of nitrogens with zero attached hydrogens (tertiary/aromatic N) is 2. The Kier molecular flexibility index (Phi) is 7.63.